The number of rotatable bonds is 4. The van der Waals surface area contributed by atoms with Crippen LogP contribution in [0, 0.1) is 0 Å². The Balaban J connectivity index is 1.74. The molecular formula is C13H18N2O2. The van der Waals surface area contributed by atoms with Gasteiger partial charge in [0.2, 0.25) is 5.91 Å². The minimum atomic E-state index is 0.0327. The van der Waals surface area contributed by atoms with Gasteiger partial charge in [-0.25, -0.2) is 0 Å². The first-order valence-electron chi connectivity index (χ1n) is 6.01. The Hall–Kier alpha value is -1.55. The van der Waals surface area contributed by atoms with Gasteiger partial charge in [0.05, 0.1) is 6.10 Å². The van der Waals surface area contributed by atoms with Gasteiger partial charge >= 0.3 is 0 Å². The summed E-state index contributed by atoms with van der Waals surface area (Å²) in [6.07, 6.45) is 3.78. The molecule has 1 aliphatic heterocycles. The van der Waals surface area contributed by atoms with Crippen molar-refractivity contribution in [3.8, 4) is 0 Å². The van der Waals surface area contributed by atoms with E-state index in [1.54, 1.807) is 24.3 Å². The highest BCUT2D eigenvalue weighted by Crippen LogP contribution is 2.17. The second-order valence-corrected chi connectivity index (χ2v) is 4.34. The van der Waals surface area contributed by atoms with Crippen LogP contribution >= 0.6 is 0 Å². The van der Waals surface area contributed by atoms with Crippen LogP contribution in [0.15, 0.2) is 24.3 Å². The van der Waals surface area contributed by atoms with Gasteiger partial charge in [-0.15, -0.1) is 0 Å². The largest absolute Gasteiger partial charge is 0.399 e. The van der Waals surface area contributed by atoms with Gasteiger partial charge < -0.3 is 15.8 Å². The van der Waals surface area contributed by atoms with Crippen LogP contribution < -0.4 is 11.1 Å². The van der Waals surface area contributed by atoms with Gasteiger partial charge in [0.15, 0.2) is 0 Å². The Morgan fingerprint density at radius 2 is 2.18 bits per heavy atom. The van der Waals surface area contributed by atoms with Crippen LogP contribution in [0.5, 0.6) is 0 Å². The number of benzene rings is 1. The number of nitrogens with two attached hydrogens (primary N) is 1. The fourth-order valence-electron chi connectivity index (χ4n) is 1.95. The monoisotopic (exact) mass is 234 g/mol. The number of carbonyl (C=O) groups excluding carboxylic acids is 1. The maximum absolute atomic E-state index is 11.7. The summed E-state index contributed by atoms with van der Waals surface area (Å²) in [5, 5.41) is 2.84. The van der Waals surface area contributed by atoms with Crippen LogP contribution in [-0.4, -0.2) is 18.6 Å². The Kier molecular flexibility index (Phi) is 3.98. The average Bonchev–Trinajstić information content (AvgIpc) is 2.83. The lowest BCUT2D eigenvalue weighted by atomic mass is 10.1. The van der Waals surface area contributed by atoms with Crippen molar-refractivity contribution < 1.29 is 9.53 Å². The minimum Gasteiger partial charge on any atom is -0.399 e. The standard InChI is InChI=1S/C13H18N2O2/c14-10-3-5-11(6-4-10)15-13(16)8-7-12-2-1-9-17-12/h3-6,12H,1-2,7-9,14H2,(H,15,16). The molecule has 1 fully saturated rings. The predicted molar refractivity (Wildman–Crippen MR) is 67.7 cm³/mol. The molecule has 1 saturated heterocycles. The van der Waals surface area contributed by atoms with Crippen molar-refractivity contribution in [2.24, 2.45) is 0 Å². The second-order valence-electron chi connectivity index (χ2n) is 4.34. The molecule has 1 aliphatic rings. The van der Waals surface area contributed by atoms with Crippen molar-refractivity contribution in [1.82, 2.24) is 0 Å². The lowest BCUT2D eigenvalue weighted by molar-refractivity contribution is -0.116. The Morgan fingerprint density at radius 1 is 1.41 bits per heavy atom. The molecule has 0 spiro atoms. The van der Waals surface area contributed by atoms with E-state index in [-0.39, 0.29) is 12.0 Å². The number of amides is 1. The Morgan fingerprint density at radius 3 is 2.82 bits per heavy atom. The highest BCUT2D eigenvalue weighted by atomic mass is 16.5. The molecule has 0 aromatic heterocycles. The molecule has 1 aromatic carbocycles. The maximum Gasteiger partial charge on any atom is 0.224 e. The van der Waals surface area contributed by atoms with E-state index in [0.29, 0.717) is 12.1 Å². The number of hydrogen-bond acceptors (Lipinski definition) is 3. The smallest absolute Gasteiger partial charge is 0.224 e. The van der Waals surface area contributed by atoms with Crippen LogP contribution in [0.4, 0.5) is 11.4 Å². The summed E-state index contributed by atoms with van der Waals surface area (Å²) in [6, 6.07) is 7.16. The van der Waals surface area contributed by atoms with Crippen molar-refractivity contribution >= 4 is 17.3 Å². The number of hydrogen-bond donors (Lipinski definition) is 2. The second kappa shape index (κ2) is 5.68. The van der Waals surface area contributed by atoms with Crippen LogP contribution in [0.25, 0.3) is 0 Å². The van der Waals surface area contributed by atoms with E-state index in [0.717, 1.165) is 31.6 Å². The summed E-state index contributed by atoms with van der Waals surface area (Å²) in [7, 11) is 0. The summed E-state index contributed by atoms with van der Waals surface area (Å²) in [5.41, 5.74) is 7.05. The molecule has 0 bridgehead atoms. The molecular weight excluding hydrogens is 216 g/mol. The van der Waals surface area contributed by atoms with E-state index in [1.807, 2.05) is 0 Å². The van der Waals surface area contributed by atoms with E-state index in [9.17, 15) is 4.79 Å². The van der Waals surface area contributed by atoms with Gasteiger partial charge in [-0.1, -0.05) is 0 Å². The molecule has 0 saturated carbocycles. The molecule has 1 amide bonds. The van der Waals surface area contributed by atoms with Crippen molar-refractivity contribution in [1.29, 1.82) is 0 Å². The lowest BCUT2D eigenvalue weighted by Crippen LogP contribution is -2.15. The van der Waals surface area contributed by atoms with Crippen LogP contribution in [0.3, 0.4) is 0 Å². The van der Waals surface area contributed by atoms with Gasteiger partial charge in [-0.05, 0) is 43.5 Å². The zero-order valence-corrected chi connectivity index (χ0v) is 9.82. The minimum absolute atomic E-state index is 0.0327. The van der Waals surface area contributed by atoms with Gasteiger partial charge in [-0.3, -0.25) is 4.79 Å². The Bertz CT molecular complexity index is 370. The third-order valence-corrected chi connectivity index (χ3v) is 2.91. The summed E-state index contributed by atoms with van der Waals surface area (Å²) in [6.45, 7) is 0.838. The number of carbonyl (C=O) groups is 1. The van der Waals surface area contributed by atoms with Gasteiger partial charge in [0.1, 0.15) is 0 Å². The summed E-state index contributed by atoms with van der Waals surface area (Å²) >= 11 is 0. The Labute approximate surface area is 101 Å². The third kappa shape index (κ3) is 3.75. The molecule has 0 radical (unpaired) electrons. The van der Waals surface area contributed by atoms with E-state index >= 15 is 0 Å². The highest BCUT2D eigenvalue weighted by Gasteiger charge is 2.16. The van der Waals surface area contributed by atoms with Crippen LogP contribution in [0.2, 0.25) is 0 Å². The van der Waals surface area contributed by atoms with Gasteiger partial charge in [0.25, 0.3) is 0 Å². The zero-order chi connectivity index (χ0) is 12.1. The van der Waals surface area contributed by atoms with Crippen LogP contribution in [0.1, 0.15) is 25.7 Å². The quantitative estimate of drug-likeness (QED) is 0.785. The van der Waals surface area contributed by atoms with Gasteiger partial charge in [0, 0.05) is 24.4 Å². The number of nitrogen functional groups attached to an aromatic ring is 1. The third-order valence-electron chi connectivity index (χ3n) is 2.91. The van der Waals surface area contributed by atoms with E-state index in [1.165, 1.54) is 0 Å². The SMILES string of the molecule is Nc1ccc(NC(=O)CCC2CCCO2)cc1. The zero-order valence-electron chi connectivity index (χ0n) is 9.82. The van der Waals surface area contributed by atoms with Crippen molar-refractivity contribution in [2.45, 2.75) is 31.8 Å². The van der Waals surface area contributed by atoms with Crippen molar-refractivity contribution in [2.75, 3.05) is 17.7 Å². The molecule has 92 valence electrons. The molecule has 17 heavy (non-hydrogen) atoms. The molecule has 1 heterocycles. The van der Waals surface area contributed by atoms with E-state index in [2.05, 4.69) is 5.32 Å². The number of anilines is 2. The molecule has 3 N–H and O–H groups in total. The first kappa shape index (κ1) is 11.9. The van der Waals surface area contributed by atoms with Crippen molar-refractivity contribution in [3.63, 3.8) is 0 Å². The number of nitrogens with one attached hydrogen (secondary N) is 1. The maximum atomic E-state index is 11.7. The predicted octanol–water partition coefficient (Wildman–Crippen LogP) is 2.17. The molecule has 4 heteroatoms. The van der Waals surface area contributed by atoms with E-state index < -0.39 is 0 Å². The molecule has 1 unspecified atom stereocenters. The highest BCUT2D eigenvalue weighted by molar-refractivity contribution is 5.90. The topological polar surface area (TPSA) is 64.3 Å². The molecule has 4 nitrogen and oxygen atoms in total. The molecule has 2 rings (SSSR count). The molecule has 1 atom stereocenters. The summed E-state index contributed by atoms with van der Waals surface area (Å²) in [5.74, 6) is 0.0327. The normalized spacial score (nSPS) is 19.2. The number of ether oxygens (including phenoxy) is 1. The fourth-order valence-corrected chi connectivity index (χ4v) is 1.95. The lowest BCUT2D eigenvalue weighted by Gasteiger charge is -2.09. The molecule has 0 aliphatic carbocycles. The van der Waals surface area contributed by atoms with E-state index in [4.69, 9.17) is 10.5 Å². The van der Waals surface area contributed by atoms with Crippen molar-refractivity contribution in [3.05, 3.63) is 24.3 Å². The first-order chi connectivity index (χ1) is 8.24. The summed E-state index contributed by atoms with van der Waals surface area (Å²) in [4.78, 5) is 11.7. The summed E-state index contributed by atoms with van der Waals surface area (Å²) < 4.78 is 5.47. The first-order valence-corrected chi connectivity index (χ1v) is 6.01. The fraction of sp³-hybridized carbons (Fsp3) is 0.462. The van der Waals surface area contributed by atoms with Crippen LogP contribution in [-0.2, 0) is 9.53 Å². The molecule has 1 aromatic rings. The van der Waals surface area contributed by atoms with Gasteiger partial charge in [-0.2, -0.15) is 0 Å². The average molecular weight is 234 g/mol.